The van der Waals surface area contributed by atoms with Gasteiger partial charge in [-0.15, -0.1) is 0 Å². The summed E-state index contributed by atoms with van der Waals surface area (Å²) in [7, 11) is -2.40. The summed E-state index contributed by atoms with van der Waals surface area (Å²) in [6.45, 7) is 1.07. The van der Waals surface area contributed by atoms with E-state index >= 15 is 0 Å². The molecule has 9 nitrogen and oxygen atoms in total. The minimum Gasteiger partial charge on any atom is -0.454 e. The fourth-order valence-electron chi connectivity index (χ4n) is 3.28. The Labute approximate surface area is 202 Å². The van der Waals surface area contributed by atoms with Gasteiger partial charge in [-0.25, -0.2) is 8.42 Å². The summed E-state index contributed by atoms with van der Waals surface area (Å²) in [4.78, 5) is 27.0. The Hall–Kier alpha value is -2.69. The molecule has 0 radical (unpaired) electrons. The zero-order chi connectivity index (χ0) is 24.3. The van der Waals surface area contributed by atoms with Crippen molar-refractivity contribution in [3.05, 3.63) is 52.0 Å². The van der Waals surface area contributed by atoms with Gasteiger partial charge in [0.2, 0.25) is 28.6 Å². The van der Waals surface area contributed by atoms with Gasteiger partial charge in [-0.3, -0.25) is 13.9 Å². The normalized spacial score (nSPS) is 13.4. The van der Waals surface area contributed by atoms with Gasteiger partial charge in [-0.2, -0.15) is 0 Å². The number of ether oxygens (including phenoxy) is 2. The van der Waals surface area contributed by atoms with Crippen LogP contribution in [0.2, 0.25) is 10.0 Å². The minimum absolute atomic E-state index is 0.0169. The molecule has 3 rings (SSSR count). The molecule has 0 spiro atoms. The molecule has 0 saturated carbocycles. The first kappa shape index (κ1) is 24.9. The molecule has 2 aromatic rings. The minimum atomic E-state index is -3.85. The lowest BCUT2D eigenvalue weighted by atomic mass is 10.1. The first-order chi connectivity index (χ1) is 15.5. The lowest BCUT2D eigenvalue weighted by Crippen LogP contribution is -2.50. The molecule has 0 fully saturated rings. The molecule has 33 heavy (non-hydrogen) atoms. The molecule has 2 amide bonds. The zero-order valence-electron chi connectivity index (χ0n) is 18.2. The van der Waals surface area contributed by atoms with E-state index in [-0.39, 0.29) is 19.0 Å². The molecule has 1 heterocycles. The van der Waals surface area contributed by atoms with Gasteiger partial charge in [0.15, 0.2) is 11.5 Å². The molecule has 0 aliphatic carbocycles. The Kier molecular flexibility index (Phi) is 7.61. The maximum absolute atomic E-state index is 13.4. The molecule has 0 bridgehead atoms. The van der Waals surface area contributed by atoms with Crippen molar-refractivity contribution in [2.45, 2.75) is 19.5 Å². The van der Waals surface area contributed by atoms with E-state index in [1.54, 1.807) is 31.2 Å². The molecule has 1 atom stereocenters. The summed E-state index contributed by atoms with van der Waals surface area (Å²) in [5.74, 6) is -0.134. The molecule has 1 N–H and O–H groups in total. The predicted octanol–water partition coefficient (Wildman–Crippen LogP) is 2.65. The number of nitrogens with zero attached hydrogens (tertiary/aromatic N) is 2. The number of hydrogen-bond acceptors (Lipinski definition) is 6. The molecule has 0 saturated heterocycles. The molecule has 2 aromatic carbocycles. The Morgan fingerprint density at radius 2 is 1.79 bits per heavy atom. The van der Waals surface area contributed by atoms with E-state index < -0.39 is 34.4 Å². The summed E-state index contributed by atoms with van der Waals surface area (Å²) < 4.78 is 36.7. The van der Waals surface area contributed by atoms with Crippen LogP contribution >= 0.6 is 23.2 Å². The van der Waals surface area contributed by atoms with Gasteiger partial charge in [-0.05, 0) is 36.8 Å². The van der Waals surface area contributed by atoms with Crippen LogP contribution in [0.25, 0.3) is 0 Å². The number of hydrogen-bond donors (Lipinski definition) is 1. The van der Waals surface area contributed by atoms with Crippen LogP contribution in [0.5, 0.6) is 11.5 Å². The average Bonchev–Trinajstić information content (AvgIpc) is 3.24. The van der Waals surface area contributed by atoms with E-state index in [9.17, 15) is 18.0 Å². The molecule has 1 aliphatic rings. The van der Waals surface area contributed by atoms with Gasteiger partial charge in [0.05, 0.1) is 22.0 Å². The van der Waals surface area contributed by atoms with Crippen LogP contribution in [-0.4, -0.2) is 57.8 Å². The van der Waals surface area contributed by atoms with Crippen molar-refractivity contribution in [2.75, 3.05) is 30.9 Å². The number of benzene rings is 2. The Bertz CT molecular complexity index is 1170. The van der Waals surface area contributed by atoms with E-state index in [2.05, 4.69) is 5.32 Å². The predicted molar refractivity (Wildman–Crippen MR) is 125 cm³/mol. The van der Waals surface area contributed by atoms with Crippen molar-refractivity contribution in [3.8, 4) is 11.5 Å². The van der Waals surface area contributed by atoms with E-state index in [0.717, 1.165) is 10.6 Å². The number of carbonyl (C=O) groups excluding carboxylic acids is 2. The monoisotopic (exact) mass is 515 g/mol. The second-order valence-corrected chi connectivity index (χ2v) is 10.1. The molecule has 12 heteroatoms. The van der Waals surface area contributed by atoms with Gasteiger partial charge in [-0.1, -0.05) is 29.3 Å². The number of carbonyl (C=O) groups is 2. The van der Waals surface area contributed by atoms with E-state index in [4.69, 9.17) is 32.7 Å². The number of sulfonamides is 1. The fraction of sp³-hybridized carbons (Fsp3) is 0.333. The van der Waals surface area contributed by atoms with Crippen LogP contribution < -0.4 is 19.1 Å². The van der Waals surface area contributed by atoms with Crippen molar-refractivity contribution in [2.24, 2.45) is 0 Å². The third kappa shape index (κ3) is 5.82. The maximum atomic E-state index is 13.4. The summed E-state index contributed by atoms with van der Waals surface area (Å²) in [6.07, 6.45) is 0.996. The van der Waals surface area contributed by atoms with Gasteiger partial charge < -0.3 is 19.7 Å². The highest BCUT2D eigenvalue weighted by molar-refractivity contribution is 7.92. The molecule has 0 aromatic heterocycles. The van der Waals surface area contributed by atoms with Crippen LogP contribution in [0.4, 0.5) is 5.69 Å². The highest BCUT2D eigenvalue weighted by atomic mass is 35.5. The lowest BCUT2D eigenvalue weighted by Gasteiger charge is -2.31. The number of rotatable bonds is 8. The maximum Gasteiger partial charge on any atom is 0.244 e. The van der Waals surface area contributed by atoms with Gasteiger partial charge in [0.25, 0.3) is 0 Å². The van der Waals surface area contributed by atoms with Crippen molar-refractivity contribution in [1.82, 2.24) is 10.2 Å². The molecule has 1 aliphatic heterocycles. The van der Waals surface area contributed by atoms with Crippen molar-refractivity contribution in [3.63, 3.8) is 0 Å². The van der Waals surface area contributed by atoms with Gasteiger partial charge in [0.1, 0.15) is 12.6 Å². The summed E-state index contributed by atoms with van der Waals surface area (Å²) in [5.41, 5.74) is 0.861. The highest BCUT2D eigenvalue weighted by Crippen LogP contribution is 2.36. The Morgan fingerprint density at radius 1 is 1.09 bits per heavy atom. The number of fused-ring (bicyclic) bond motifs is 1. The van der Waals surface area contributed by atoms with Crippen LogP contribution in [0.15, 0.2) is 36.4 Å². The quantitative estimate of drug-likeness (QED) is 0.579. The smallest absolute Gasteiger partial charge is 0.244 e. The van der Waals surface area contributed by atoms with Crippen molar-refractivity contribution in [1.29, 1.82) is 0 Å². The third-order valence-electron chi connectivity index (χ3n) is 5.07. The number of nitrogens with one attached hydrogen (secondary N) is 1. The third-order valence-corrected chi connectivity index (χ3v) is 6.95. The topological polar surface area (TPSA) is 105 Å². The SMILES string of the molecule is CNC(=O)C(C)N(Cc1ccc(Cl)c(Cl)c1)C(=O)CN(c1ccc2c(c1)OCO2)S(C)(=O)=O. The number of amides is 2. The summed E-state index contributed by atoms with van der Waals surface area (Å²) in [5, 5.41) is 3.16. The van der Waals surface area contributed by atoms with Crippen LogP contribution in [0.1, 0.15) is 12.5 Å². The van der Waals surface area contributed by atoms with Crippen molar-refractivity contribution >= 4 is 50.7 Å². The average molecular weight is 516 g/mol. The highest BCUT2D eigenvalue weighted by Gasteiger charge is 2.30. The zero-order valence-corrected chi connectivity index (χ0v) is 20.5. The fourth-order valence-corrected chi connectivity index (χ4v) is 4.44. The standard InChI is InChI=1S/C21H23Cl2N3O6S/c1-13(21(28)24-2)25(10-14-4-6-16(22)17(23)8-14)20(27)11-26(33(3,29)30)15-5-7-18-19(9-15)32-12-31-18/h4-9,13H,10-12H2,1-3H3,(H,24,28). The van der Waals surface area contributed by atoms with Crippen LogP contribution in [0.3, 0.4) is 0 Å². The molecular formula is C21H23Cl2N3O6S. The summed E-state index contributed by atoms with van der Waals surface area (Å²) >= 11 is 12.1. The van der Waals surface area contributed by atoms with E-state index in [1.165, 1.54) is 24.1 Å². The number of anilines is 1. The second-order valence-electron chi connectivity index (χ2n) is 7.37. The van der Waals surface area contributed by atoms with Crippen molar-refractivity contribution < 1.29 is 27.5 Å². The first-order valence-corrected chi connectivity index (χ1v) is 12.4. The summed E-state index contributed by atoms with van der Waals surface area (Å²) in [6, 6.07) is 8.55. The molecule has 178 valence electrons. The molecule has 1 unspecified atom stereocenters. The first-order valence-electron chi connectivity index (χ1n) is 9.83. The van der Waals surface area contributed by atoms with Crippen LogP contribution in [-0.2, 0) is 26.2 Å². The molecular weight excluding hydrogens is 493 g/mol. The number of likely N-dealkylation sites (N-methyl/N-ethyl adjacent to an activating group) is 1. The van der Waals surface area contributed by atoms with Gasteiger partial charge >= 0.3 is 0 Å². The van der Waals surface area contributed by atoms with Crippen LogP contribution in [0, 0.1) is 0 Å². The van der Waals surface area contributed by atoms with E-state index in [1.807, 2.05) is 0 Å². The Balaban J connectivity index is 1.92. The lowest BCUT2D eigenvalue weighted by molar-refractivity contribution is -0.139. The largest absolute Gasteiger partial charge is 0.454 e. The van der Waals surface area contributed by atoms with Gasteiger partial charge in [0, 0.05) is 19.7 Å². The number of halogens is 2. The Morgan fingerprint density at radius 3 is 2.42 bits per heavy atom. The van der Waals surface area contributed by atoms with E-state index in [0.29, 0.717) is 27.1 Å². The second kappa shape index (κ2) is 10.1.